The van der Waals surface area contributed by atoms with Gasteiger partial charge in [-0.05, 0) is 46.6 Å². The molecule has 1 aliphatic carbocycles. The van der Waals surface area contributed by atoms with Crippen molar-refractivity contribution in [2.24, 2.45) is 0 Å². The first-order valence-corrected chi connectivity index (χ1v) is 9.47. The Balaban J connectivity index is 1.80. The van der Waals surface area contributed by atoms with Gasteiger partial charge in [0.2, 0.25) is 0 Å². The monoisotopic (exact) mass is 317 g/mol. The number of rotatable bonds is 7. The van der Waals surface area contributed by atoms with Crippen molar-refractivity contribution >= 4 is 6.08 Å². The summed E-state index contributed by atoms with van der Waals surface area (Å²) >= 11 is 0. The molecule has 0 aliphatic heterocycles. The van der Waals surface area contributed by atoms with Crippen molar-refractivity contribution in [3.05, 3.63) is 71.1 Å². The van der Waals surface area contributed by atoms with Gasteiger partial charge >= 0.3 is 0 Å². The van der Waals surface area contributed by atoms with Gasteiger partial charge in [-0.2, -0.15) is 0 Å². The minimum absolute atomic E-state index is 0.587. The molecule has 0 atom stereocenters. The fourth-order valence-corrected chi connectivity index (χ4v) is 3.50. The Bertz CT molecular complexity index is 701. The van der Waals surface area contributed by atoms with Gasteiger partial charge in [-0.25, -0.2) is 0 Å². The predicted octanol–water partition coefficient (Wildman–Crippen LogP) is 7.40. The summed E-state index contributed by atoms with van der Waals surface area (Å²) in [5, 5.41) is 0. The first-order chi connectivity index (χ1) is 11.7. The van der Waals surface area contributed by atoms with Crippen molar-refractivity contribution in [3.8, 4) is 11.1 Å². The van der Waals surface area contributed by atoms with Crippen molar-refractivity contribution in [3.63, 3.8) is 0 Å². The smallest absolute Gasteiger partial charge is 0.0164 e. The van der Waals surface area contributed by atoms with Gasteiger partial charge in [0.25, 0.3) is 0 Å². The third kappa shape index (κ3) is 3.80. The summed E-state index contributed by atoms with van der Waals surface area (Å²) in [6.07, 6.45) is 11.3. The summed E-state index contributed by atoms with van der Waals surface area (Å²) in [6.45, 7) is 6.77. The molecule has 0 amide bonds. The van der Waals surface area contributed by atoms with Crippen LogP contribution < -0.4 is 0 Å². The SMILES string of the molecule is CCCCCCC1=Cc2c(cccc2-c2ccc(C(C)C)cc2)[CH]1. The molecule has 2 aromatic carbocycles. The highest BCUT2D eigenvalue weighted by atomic mass is 14.2. The van der Waals surface area contributed by atoms with Gasteiger partial charge in [0, 0.05) is 6.42 Å². The van der Waals surface area contributed by atoms with E-state index in [1.807, 2.05) is 0 Å². The predicted molar refractivity (Wildman–Crippen MR) is 106 cm³/mol. The van der Waals surface area contributed by atoms with Gasteiger partial charge < -0.3 is 0 Å². The van der Waals surface area contributed by atoms with Crippen LogP contribution in [0.3, 0.4) is 0 Å². The van der Waals surface area contributed by atoms with E-state index >= 15 is 0 Å². The third-order valence-corrected chi connectivity index (χ3v) is 5.02. The summed E-state index contributed by atoms with van der Waals surface area (Å²) < 4.78 is 0. The lowest BCUT2D eigenvalue weighted by molar-refractivity contribution is 0.668. The van der Waals surface area contributed by atoms with E-state index in [9.17, 15) is 0 Å². The molecule has 0 N–H and O–H groups in total. The van der Waals surface area contributed by atoms with Crippen molar-refractivity contribution in [1.82, 2.24) is 0 Å². The lowest BCUT2D eigenvalue weighted by atomic mass is 9.94. The molecule has 0 saturated carbocycles. The molecule has 0 unspecified atom stereocenters. The average molecular weight is 317 g/mol. The van der Waals surface area contributed by atoms with Gasteiger partial charge in [0.05, 0.1) is 0 Å². The Morgan fingerprint density at radius 2 is 1.67 bits per heavy atom. The fraction of sp³-hybridized carbons (Fsp3) is 0.375. The second kappa shape index (κ2) is 7.83. The van der Waals surface area contributed by atoms with Crippen molar-refractivity contribution in [2.45, 2.75) is 58.8 Å². The zero-order valence-electron chi connectivity index (χ0n) is 15.3. The highest BCUT2D eigenvalue weighted by Crippen LogP contribution is 2.37. The quantitative estimate of drug-likeness (QED) is 0.467. The largest absolute Gasteiger partial charge is 0.0654 e. The van der Waals surface area contributed by atoms with E-state index < -0.39 is 0 Å². The highest BCUT2D eigenvalue weighted by Gasteiger charge is 2.16. The Labute approximate surface area is 147 Å². The minimum atomic E-state index is 0.587. The molecule has 1 radical (unpaired) electrons. The summed E-state index contributed by atoms with van der Waals surface area (Å²) in [5.41, 5.74) is 8.37. The topological polar surface area (TPSA) is 0 Å². The molecular weight excluding hydrogens is 288 g/mol. The van der Waals surface area contributed by atoms with E-state index in [1.54, 1.807) is 0 Å². The summed E-state index contributed by atoms with van der Waals surface area (Å²) in [5.74, 6) is 0.587. The van der Waals surface area contributed by atoms with Gasteiger partial charge in [0.1, 0.15) is 0 Å². The molecule has 0 saturated heterocycles. The van der Waals surface area contributed by atoms with E-state index in [-0.39, 0.29) is 0 Å². The number of hydrogen-bond donors (Lipinski definition) is 0. The Morgan fingerprint density at radius 3 is 2.38 bits per heavy atom. The Morgan fingerprint density at radius 1 is 0.875 bits per heavy atom. The first kappa shape index (κ1) is 17.0. The lowest BCUT2D eigenvalue weighted by Crippen LogP contribution is -1.89. The lowest BCUT2D eigenvalue weighted by Gasteiger charge is -2.10. The molecule has 125 valence electrons. The second-order valence-corrected chi connectivity index (χ2v) is 7.26. The number of hydrogen-bond acceptors (Lipinski definition) is 0. The standard InChI is InChI=1S/C24H29/c1-4-5-6-7-9-19-16-22-10-8-11-23(24(22)17-19)21-14-12-20(13-15-21)18(2)3/h8,10-18H,4-7,9H2,1-3H3. The zero-order valence-corrected chi connectivity index (χ0v) is 15.3. The van der Waals surface area contributed by atoms with Crippen molar-refractivity contribution < 1.29 is 0 Å². The van der Waals surface area contributed by atoms with Crippen LogP contribution in [0.5, 0.6) is 0 Å². The maximum Gasteiger partial charge on any atom is 0.0164 e. The van der Waals surface area contributed by atoms with Gasteiger partial charge in [-0.15, -0.1) is 0 Å². The summed E-state index contributed by atoms with van der Waals surface area (Å²) in [7, 11) is 0. The fourth-order valence-electron chi connectivity index (χ4n) is 3.50. The molecule has 0 heteroatoms. The van der Waals surface area contributed by atoms with Crippen LogP contribution in [-0.4, -0.2) is 0 Å². The molecule has 3 rings (SSSR count). The van der Waals surface area contributed by atoms with E-state index in [2.05, 4.69) is 75.7 Å². The van der Waals surface area contributed by atoms with E-state index in [1.165, 1.54) is 65.5 Å². The summed E-state index contributed by atoms with van der Waals surface area (Å²) in [6, 6.07) is 15.8. The zero-order chi connectivity index (χ0) is 16.9. The first-order valence-electron chi connectivity index (χ1n) is 9.47. The Kier molecular flexibility index (Phi) is 5.56. The van der Waals surface area contributed by atoms with Crippen LogP contribution >= 0.6 is 0 Å². The molecule has 0 aromatic heterocycles. The minimum Gasteiger partial charge on any atom is -0.0654 e. The molecule has 1 aliphatic rings. The number of unbranched alkanes of at least 4 members (excludes halogenated alkanes) is 3. The van der Waals surface area contributed by atoms with E-state index in [0.717, 1.165) is 0 Å². The van der Waals surface area contributed by atoms with Crippen molar-refractivity contribution in [1.29, 1.82) is 0 Å². The normalized spacial score (nSPS) is 13.2. The number of allylic oxidation sites excluding steroid dienone is 1. The molecule has 24 heavy (non-hydrogen) atoms. The van der Waals surface area contributed by atoms with Gasteiger partial charge in [-0.1, -0.05) is 94.1 Å². The maximum absolute atomic E-state index is 2.41. The van der Waals surface area contributed by atoms with E-state index in [0.29, 0.717) is 5.92 Å². The van der Waals surface area contributed by atoms with Crippen LogP contribution in [0.25, 0.3) is 17.2 Å². The van der Waals surface area contributed by atoms with Crippen LogP contribution in [0.15, 0.2) is 48.0 Å². The van der Waals surface area contributed by atoms with Crippen LogP contribution in [0, 0.1) is 6.42 Å². The highest BCUT2D eigenvalue weighted by molar-refractivity contribution is 5.83. The van der Waals surface area contributed by atoms with Gasteiger partial charge in [-0.3, -0.25) is 0 Å². The second-order valence-electron chi connectivity index (χ2n) is 7.26. The van der Waals surface area contributed by atoms with Crippen LogP contribution in [0.1, 0.15) is 75.5 Å². The molecular formula is C24H29. The summed E-state index contributed by atoms with van der Waals surface area (Å²) in [4.78, 5) is 0. The van der Waals surface area contributed by atoms with Gasteiger partial charge in [0.15, 0.2) is 0 Å². The third-order valence-electron chi connectivity index (χ3n) is 5.02. The van der Waals surface area contributed by atoms with Crippen LogP contribution in [-0.2, 0) is 0 Å². The molecule has 0 fully saturated rings. The van der Waals surface area contributed by atoms with Crippen LogP contribution in [0.2, 0.25) is 0 Å². The maximum atomic E-state index is 2.41. The van der Waals surface area contributed by atoms with Crippen molar-refractivity contribution in [2.75, 3.05) is 0 Å². The molecule has 0 nitrogen and oxygen atoms in total. The molecule has 0 bridgehead atoms. The van der Waals surface area contributed by atoms with Crippen LogP contribution in [0.4, 0.5) is 0 Å². The molecule has 0 heterocycles. The number of fused-ring (bicyclic) bond motifs is 1. The number of benzene rings is 2. The molecule has 2 aromatic rings. The Hall–Kier alpha value is -1.82. The average Bonchev–Trinajstić information content (AvgIpc) is 3.01. The molecule has 0 spiro atoms. The van der Waals surface area contributed by atoms with E-state index in [4.69, 9.17) is 0 Å².